The maximum Gasteiger partial charge on any atom is 0.0550 e. The van der Waals surface area contributed by atoms with Crippen molar-refractivity contribution in [2.45, 2.75) is 40.8 Å². The van der Waals surface area contributed by atoms with E-state index in [0.29, 0.717) is 0 Å². The summed E-state index contributed by atoms with van der Waals surface area (Å²) in [5.74, 6) is 0. The SMILES string of the molecule is C/C=C\C1=C(C)NCc2cccn2C1.CC. The van der Waals surface area contributed by atoms with Crippen molar-refractivity contribution in [1.82, 2.24) is 9.88 Å². The molecule has 1 aliphatic rings. The van der Waals surface area contributed by atoms with Gasteiger partial charge in [0.15, 0.2) is 0 Å². The van der Waals surface area contributed by atoms with Gasteiger partial charge in [-0.25, -0.2) is 0 Å². The molecule has 0 spiro atoms. The predicted molar refractivity (Wildman–Crippen MR) is 70.1 cm³/mol. The molecule has 0 saturated carbocycles. The van der Waals surface area contributed by atoms with Crippen molar-refractivity contribution >= 4 is 0 Å². The van der Waals surface area contributed by atoms with Crippen molar-refractivity contribution in [1.29, 1.82) is 0 Å². The number of nitrogens with one attached hydrogen (secondary N) is 1. The first kappa shape index (κ1) is 12.6. The van der Waals surface area contributed by atoms with Crippen LogP contribution in [0.5, 0.6) is 0 Å². The minimum absolute atomic E-state index is 0.930. The highest BCUT2D eigenvalue weighted by atomic mass is 15.0. The molecule has 2 heteroatoms. The summed E-state index contributed by atoms with van der Waals surface area (Å²) in [6.45, 7) is 10.1. The fourth-order valence-corrected chi connectivity index (χ4v) is 1.78. The second kappa shape index (κ2) is 6.21. The molecule has 0 atom stereocenters. The van der Waals surface area contributed by atoms with Crippen LogP contribution in [0.15, 0.2) is 41.8 Å². The Hall–Kier alpha value is -1.44. The van der Waals surface area contributed by atoms with Crippen molar-refractivity contribution in [3.8, 4) is 0 Å². The summed E-state index contributed by atoms with van der Waals surface area (Å²) in [4.78, 5) is 0. The summed E-state index contributed by atoms with van der Waals surface area (Å²) in [5.41, 5.74) is 4.00. The monoisotopic (exact) mass is 218 g/mol. The quantitative estimate of drug-likeness (QED) is 0.763. The van der Waals surface area contributed by atoms with Gasteiger partial charge in [0, 0.05) is 24.1 Å². The van der Waals surface area contributed by atoms with Crippen LogP contribution in [0.1, 0.15) is 33.4 Å². The molecule has 0 saturated heterocycles. The number of hydrogen-bond acceptors (Lipinski definition) is 1. The summed E-state index contributed by atoms with van der Waals surface area (Å²) < 4.78 is 2.29. The van der Waals surface area contributed by atoms with Gasteiger partial charge in [0.1, 0.15) is 0 Å². The molecule has 2 nitrogen and oxygen atoms in total. The largest absolute Gasteiger partial charge is 0.383 e. The molecule has 2 rings (SSSR count). The third-order valence-corrected chi connectivity index (χ3v) is 2.65. The Bertz CT molecular complexity index is 383. The molecule has 88 valence electrons. The summed E-state index contributed by atoms with van der Waals surface area (Å²) in [6.07, 6.45) is 6.41. The predicted octanol–water partition coefficient (Wildman–Crippen LogP) is 3.47. The first-order valence-electron chi connectivity index (χ1n) is 6.01. The average molecular weight is 218 g/mol. The van der Waals surface area contributed by atoms with E-state index in [9.17, 15) is 0 Å². The number of hydrogen-bond donors (Lipinski definition) is 1. The zero-order chi connectivity index (χ0) is 12.0. The summed E-state index contributed by atoms with van der Waals surface area (Å²) in [5, 5.41) is 3.43. The lowest BCUT2D eigenvalue weighted by atomic mass is 10.2. The van der Waals surface area contributed by atoms with Gasteiger partial charge in [-0.05, 0) is 31.6 Å². The van der Waals surface area contributed by atoms with E-state index in [1.165, 1.54) is 17.0 Å². The Morgan fingerprint density at radius 2 is 2.12 bits per heavy atom. The lowest BCUT2D eigenvalue weighted by Crippen LogP contribution is -2.10. The highest BCUT2D eigenvalue weighted by Crippen LogP contribution is 2.15. The molecule has 1 N–H and O–H groups in total. The van der Waals surface area contributed by atoms with Gasteiger partial charge in [-0.15, -0.1) is 0 Å². The van der Waals surface area contributed by atoms with Crippen molar-refractivity contribution < 1.29 is 0 Å². The van der Waals surface area contributed by atoms with E-state index < -0.39 is 0 Å². The van der Waals surface area contributed by atoms with E-state index in [1.54, 1.807) is 0 Å². The molecule has 0 amide bonds. The highest BCUT2D eigenvalue weighted by molar-refractivity contribution is 5.27. The normalized spacial score (nSPS) is 15.0. The Labute approximate surface area is 98.7 Å². The van der Waals surface area contributed by atoms with E-state index >= 15 is 0 Å². The van der Waals surface area contributed by atoms with Gasteiger partial charge >= 0.3 is 0 Å². The Balaban J connectivity index is 0.000000606. The number of allylic oxidation sites excluding steroid dienone is 4. The third-order valence-electron chi connectivity index (χ3n) is 2.65. The van der Waals surface area contributed by atoms with Crippen LogP contribution in [0.3, 0.4) is 0 Å². The van der Waals surface area contributed by atoms with Crippen LogP contribution < -0.4 is 5.32 Å². The van der Waals surface area contributed by atoms with E-state index in [1.807, 2.05) is 13.8 Å². The molecule has 16 heavy (non-hydrogen) atoms. The molecule has 0 bridgehead atoms. The fourth-order valence-electron chi connectivity index (χ4n) is 1.78. The van der Waals surface area contributed by atoms with E-state index in [4.69, 9.17) is 0 Å². The fraction of sp³-hybridized carbons (Fsp3) is 0.429. The van der Waals surface area contributed by atoms with Gasteiger partial charge in [0.05, 0.1) is 6.54 Å². The molecular formula is C14H22N2. The van der Waals surface area contributed by atoms with Crippen LogP contribution in [-0.4, -0.2) is 4.57 Å². The minimum atomic E-state index is 0.930. The van der Waals surface area contributed by atoms with Gasteiger partial charge in [0.2, 0.25) is 0 Å². The number of fused-ring (bicyclic) bond motifs is 1. The van der Waals surface area contributed by atoms with Crippen molar-refractivity contribution in [2.75, 3.05) is 0 Å². The summed E-state index contributed by atoms with van der Waals surface area (Å²) in [7, 11) is 0. The van der Waals surface area contributed by atoms with E-state index in [0.717, 1.165) is 13.1 Å². The van der Waals surface area contributed by atoms with Crippen LogP contribution >= 0.6 is 0 Å². The molecule has 1 aromatic heterocycles. The lowest BCUT2D eigenvalue weighted by molar-refractivity contribution is 0.738. The number of nitrogens with zero attached hydrogens (tertiary/aromatic N) is 1. The maximum absolute atomic E-state index is 3.43. The van der Waals surface area contributed by atoms with Gasteiger partial charge in [-0.1, -0.05) is 26.0 Å². The molecule has 0 fully saturated rings. The number of aromatic nitrogens is 1. The molecule has 2 heterocycles. The lowest BCUT2D eigenvalue weighted by Gasteiger charge is -2.05. The Kier molecular flexibility index (Phi) is 4.90. The van der Waals surface area contributed by atoms with Crippen molar-refractivity contribution in [2.24, 2.45) is 0 Å². The van der Waals surface area contributed by atoms with Crippen LogP contribution in [0.2, 0.25) is 0 Å². The zero-order valence-electron chi connectivity index (χ0n) is 10.7. The molecule has 0 unspecified atom stereocenters. The molecular weight excluding hydrogens is 196 g/mol. The van der Waals surface area contributed by atoms with Crippen LogP contribution in [0.25, 0.3) is 0 Å². The van der Waals surface area contributed by atoms with Crippen molar-refractivity contribution in [3.63, 3.8) is 0 Å². The van der Waals surface area contributed by atoms with Gasteiger partial charge < -0.3 is 9.88 Å². The Morgan fingerprint density at radius 1 is 1.38 bits per heavy atom. The first-order valence-corrected chi connectivity index (χ1v) is 6.01. The molecule has 1 aromatic rings. The minimum Gasteiger partial charge on any atom is -0.383 e. The molecule has 1 aliphatic heterocycles. The molecule has 0 aromatic carbocycles. The summed E-state index contributed by atoms with van der Waals surface area (Å²) >= 11 is 0. The maximum atomic E-state index is 3.43. The van der Waals surface area contributed by atoms with Crippen LogP contribution in [-0.2, 0) is 13.1 Å². The standard InChI is InChI=1S/C12H16N2.C2H6/c1-3-5-11-9-14-7-4-6-12(14)8-13-10(11)2;1-2/h3-7,13H,8-9H2,1-2H3;1-2H3/b5-3-;. The molecule has 0 radical (unpaired) electrons. The van der Waals surface area contributed by atoms with Crippen LogP contribution in [0.4, 0.5) is 0 Å². The second-order valence-corrected chi connectivity index (χ2v) is 3.63. The van der Waals surface area contributed by atoms with E-state index in [-0.39, 0.29) is 0 Å². The topological polar surface area (TPSA) is 17.0 Å². The summed E-state index contributed by atoms with van der Waals surface area (Å²) in [6, 6.07) is 4.27. The Morgan fingerprint density at radius 3 is 2.81 bits per heavy atom. The molecule has 0 aliphatic carbocycles. The van der Waals surface area contributed by atoms with Crippen LogP contribution in [0, 0.1) is 0 Å². The van der Waals surface area contributed by atoms with Gasteiger partial charge in [0.25, 0.3) is 0 Å². The van der Waals surface area contributed by atoms with Gasteiger partial charge in [-0.2, -0.15) is 0 Å². The van der Waals surface area contributed by atoms with E-state index in [2.05, 4.69) is 54.2 Å². The average Bonchev–Trinajstić information content (AvgIpc) is 2.70. The van der Waals surface area contributed by atoms with Gasteiger partial charge in [-0.3, -0.25) is 0 Å². The smallest absolute Gasteiger partial charge is 0.0550 e. The zero-order valence-corrected chi connectivity index (χ0v) is 10.7. The van der Waals surface area contributed by atoms with Crippen molar-refractivity contribution in [3.05, 3.63) is 47.4 Å². The first-order chi connectivity index (χ1) is 7.81. The second-order valence-electron chi connectivity index (χ2n) is 3.63. The highest BCUT2D eigenvalue weighted by Gasteiger charge is 2.09. The number of rotatable bonds is 1. The third kappa shape index (κ3) is 2.78.